The number of urea groups is 1. The third-order valence-electron chi connectivity index (χ3n) is 7.29. The summed E-state index contributed by atoms with van der Waals surface area (Å²) in [5.74, 6) is -0.975. The molecule has 3 aromatic rings. The van der Waals surface area contributed by atoms with Crippen LogP contribution in [0.15, 0.2) is 65.4 Å². The molecule has 0 radical (unpaired) electrons. The van der Waals surface area contributed by atoms with Gasteiger partial charge in [-0.3, -0.25) is 4.79 Å². The van der Waals surface area contributed by atoms with Gasteiger partial charge in [-0.1, -0.05) is 24.3 Å². The van der Waals surface area contributed by atoms with Gasteiger partial charge in [0.1, 0.15) is 22.7 Å². The van der Waals surface area contributed by atoms with Crippen molar-refractivity contribution in [1.82, 2.24) is 15.5 Å². The van der Waals surface area contributed by atoms with Gasteiger partial charge in [-0.05, 0) is 66.7 Å². The minimum absolute atomic E-state index is 0.0807. The lowest BCUT2D eigenvalue weighted by molar-refractivity contribution is 0.0563. The molecule has 8 heteroatoms. The van der Waals surface area contributed by atoms with Crippen molar-refractivity contribution in [2.45, 2.75) is 24.4 Å². The highest BCUT2D eigenvalue weighted by Crippen LogP contribution is 2.42. The van der Waals surface area contributed by atoms with Crippen molar-refractivity contribution in [3.05, 3.63) is 93.7 Å². The molecule has 2 aliphatic heterocycles. The molecule has 2 N–H and O–H groups in total. The van der Waals surface area contributed by atoms with E-state index >= 15 is 0 Å². The van der Waals surface area contributed by atoms with Gasteiger partial charge in [-0.15, -0.1) is 0 Å². The SMILES string of the molecule is CC(C(=O)c1ccsc1)(C1CCNC1)N1CC(c2ccc(F)cc2)(c2ccc(F)cc2)NC1=O. The molecule has 2 fully saturated rings. The number of rotatable bonds is 6. The van der Waals surface area contributed by atoms with Crippen LogP contribution in [-0.2, 0) is 5.54 Å². The van der Waals surface area contributed by atoms with Crippen LogP contribution in [0.3, 0.4) is 0 Å². The van der Waals surface area contributed by atoms with Gasteiger partial charge in [0, 0.05) is 23.4 Å². The quantitative estimate of drug-likeness (QED) is 0.508. The first-order chi connectivity index (χ1) is 16.3. The van der Waals surface area contributed by atoms with Crippen LogP contribution in [0.2, 0.25) is 0 Å². The number of hydrogen-bond donors (Lipinski definition) is 2. The summed E-state index contributed by atoms with van der Waals surface area (Å²) in [6.07, 6.45) is 0.760. The van der Waals surface area contributed by atoms with E-state index in [-0.39, 0.29) is 24.3 Å². The van der Waals surface area contributed by atoms with Gasteiger partial charge < -0.3 is 15.5 Å². The van der Waals surface area contributed by atoms with Gasteiger partial charge in [-0.2, -0.15) is 11.3 Å². The normalized spacial score (nSPS) is 21.3. The van der Waals surface area contributed by atoms with Gasteiger partial charge in [-0.25, -0.2) is 13.6 Å². The molecular formula is C26H25F2N3O2S. The Morgan fingerprint density at radius 1 is 1.06 bits per heavy atom. The summed E-state index contributed by atoms with van der Waals surface area (Å²) >= 11 is 1.44. The fraction of sp³-hybridized carbons (Fsp3) is 0.308. The first kappa shape index (κ1) is 22.7. The van der Waals surface area contributed by atoms with E-state index < -0.39 is 22.7 Å². The maximum atomic E-state index is 13.9. The Labute approximate surface area is 200 Å². The van der Waals surface area contributed by atoms with Crippen molar-refractivity contribution < 1.29 is 18.4 Å². The summed E-state index contributed by atoms with van der Waals surface area (Å²) in [7, 11) is 0. The molecule has 0 spiro atoms. The number of amides is 2. The van der Waals surface area contributed by atoms with Crippen molar-refractivity contribution >= 4 is 23.2 Å². The van der Waals surface area contributed by atoms with Crippen LogP contribution in [0.5, 0.6) is 0 Å². The van der Waals surface area contributed by atoms with Gasteiger partial charge in [0.2, 0.25) is 0 Å². The molecule has 176 valence electrons. The summed E-state index contributed by atoms with van der Waals surface area (Å²) < 4.78 is 27.5. The number of hydrogen-bond acceptors (Lipinski definition) is 4. The molecule has 0 saturated carbocycles. The van der Waals surface area contributed by atoms with E-state index in [0.29, 0.717) is 23.2 Å². The van der Waals surface area contributed by atoms with Crippen molar-refractivity contribution in [2.24, 2.45) is 5.92 Å². The lowest BCUT2D eigenvalue weighted by atomic mass is 9.76. The number of Topliss-reactive ketones (excluding diaryl/α,β-unsaturated/α-hetero) is 1. The molecule has 0 bridgehead atoms. The summed E-state index contributed by atoms with van der Waals surface area (Å²) in [5.41, 5.74) is -0.275. The van der Waals surface area contributed by atoms with E-state index in [4.69, 9.17) is 0 Å². The van der Waals surface area contributed by atoms with Crippen LogP contribution in [0, 0.1) is 17.6 Å². The van der Waals surface area contributed by atoms with Crippen LogP contribution in [-0.4, -0.2) is 41.9 Å². The van der Waals surface area contributed by atoms with E-state index in [2.05, 4.69) is 10.6 Å². The lowest BCUT2D eigenvalue weighted by Gasteiger charge is -2.42. The van der Waals surface area contributed by atoms with E-state index in [1.54, 1.807) is 35.2 Å². The number of carbonyl (C=O) groups is 2. The highest BCUT2D eigenvalue weighted by atomic mass is 32.1. The Balaban J connectivity index is 1.63. The van der Waals surface area contributed by atoms with Gasteiger partial charge in [0.05, 0.1) is 6.54 Å². The molecular weight excluding hydrogens is 456 g/mol. The smallest absolute Gasteiger partial charge is 0.319 e. The molecule has 2 atom stereocenters. The van der Waals surface area contributed by atoms with E-state index in [0.717, 1.165) is 13.0 Å². The Morgan fingerprint density at radius 3 is 2.18 bits per heavy atom. The number of nitrogens with zero attached hydrogens (tertiary/aromatic N) is 1. The van der Waals surface area contributed by atoms with Crippen LogP contribution in [0.1, 0.15) is 34.8 Å². The minimum atomic E-state index is -1.10. The zero-order chi connectivity index (χ0) is 23.9. The fourth-order valence-corrected chi connectivity index (χ4v) is 5.92. The third-order valence-corrected chi connectivity index (χ3v) is 7.98. The van der Waals surface area contributed by atoms with Crippen molar-refractivity contribution in [2.75, 3.05) is 19.6 Å². The third kappa shape index (κ3) is 3.61. The molecule has 2 amide bonds. The number of benzene rings is 2. The first-order valence-corrected chi connectivity index (χ1v) is 12.2. The average molecular weight is 482 g/mol. The molecule has 3 heterocycles. The molecule has 2 saturated heterocycles. The first-order valence-electron chi connectivity index (χ1n) is 11.2. The second-order valence-corrected chi connectivity index (χ2v) is 9.89. The van der Waals surface area contributed by atoms with Crippen LogP contribution in [0.25, 0.3) is 0 Å². The van der Waals surface area contributed by atoms with E-state index in [9.17, 15) is 18.4 Å². The molecule has 2 aliphatic rings. The van der Waals surface area contributed by atoms with Crippen molar-refractivity contribution in [1.29, 1.82) is 0 Å². The molecule has 1 aromatic heterocycles. The number of thiophene rings is 1. The summed E-state index contributed by atoms with van der Waals surface area (Å²) in [5, 5.41) is 10.1. The van der Waals surface area contributed by atoms with Gasteiger partial charge >= 0.3 is 6.03 Å². The fourth-order valence-electron chi connectivity index (χ4n) is 5.28. The highest BCUT2D eigenvalue weighted by Gasteiger charge is 2.56. The van der Waals surface area contributed by atoms with Crippen molar-refractivity contribution in [3.8, 4) is 0 Å². The Morgan fingerprint density at radius 2 is 1.68 bits per heavy atom. The maximum absolute atomic E-state index is 13.9. The summed E-state index contributed by atoms with van der Waals surface area (Å²) in [6, 6.07) is 13.3. The molecule has 5 nitrogen and oxygen atoms in total. The molecule has 0 aliphatic carbocycles. The molecule has 2 aromatic carbocycles. The zero-order valence-electron chi connectivity index (χ0n) is 18.7. The standard InChI is InChI=1S/C26H25F2N3O2S/c1-25(20-10-12-29-14-20,23(32)17-11-13-34-15-17)31-16-26(30-24(31)33,18-2-6-21(27)7-3-18)19-4-8-22(28)9-5-19/h2-9,11,13,15,20,29H,10,12,14,16H2,1H3,(H,30,33). The molecule has 34 heavy (non-hydrogen) atoms. The van der Waals surface area contributed by atoms with Crippen LogP contribution < -0.4 is 10.6 Å². The predicted molar refractivity (Wildman–Crippen MR) is 127 cm³/mol. The monoisotopic (exact) mass is 481 g/mol. The lowest BCUT2D eigenvalue weighted by Crippen LogP contribution is -2.59. The van der Waals surface area contributed by atoms with Gasteiger partial charge in [0.25, 0.3) is 0 Å². The van der Waals surface area contributed by atoms with Gasteiger partial charge in [0.15, 0.2) is 5.78 Å². The average Bonchev–Trinajstić information content (AvgIpc) is 3.61. The maximum Gasteiger partial charge on any atom is 0.319 e. The second-order valence-electron chi connectivity index (χ2n) is 9.11. The number of carbonyl (C=O) groups excluding carboxylic acids is 2. The number of ketones is 1. The highest BCUT2D eigenvalue weighted by molar-refractivity contribution is 7.08. The van der Waals surface area contributed by atoms with Crippen LogP contribution in [0.4, 0.5) is 13.6 Å². The Hall–Kier alpha value is -3.10. The largest absolute Gasteiger partial charge is 0.322 e. The predicted octanol–water partition coefficient (Wildman–Crippen LogP) is 4.55. The number of halogens is 2. The minimum Gasteiger partial charge on any atom is -0.322 e. The summed E-state index contributed by atoms with van der Waals surface area (Å²) in [6.45, 7) is 3.38. The topological polar surface area (TPSA) is 61.4 Å². The van der Waals surface area contributed by atoms with Crippen molar-refractivity contribution in [3.63, 3.8) is 0 Å². The van der Waals surface area contributed by atoms with Crippen LogP contribution >= 0.6 is 11.3 Å². The Bertz CT molecular complexity index is 1150. The van der Waals surface area contributed by atoms with E-state index in [1.165, 1.54) is 35.6 Å². The second kappa shape index (κ2) is 8.60. The molecule has 5 rings (SSSR count). The Kier molecular flexibility index (Phi) is 5.73. The number of nitrogens with one attached hydrogen (secondary N) is 2. The molecule has 2 unspecified atom stereocenters. The van der Waals surface area contributed by atoms with E-state index in [1.807, 2.05) is 17.7 Å². The summed E-state index contributed by atoms with van der Waals surface area (Å²) in [4.78, 5) is 29.1. The zero-order valence-corrected chi connectivity index (χ0v) is 19.5.